The topological polar surface area (TPSA) is 41.1 Å². The summed E-state index contributed by atoms with van der Waals surface area (Å²) in [6.07, 6.45) is 9.19. The predicted molar refractivity (Wildman–Crippen MR) is 79.2 cm³/mol. The molecule has 1 amide bonds. The Labute approximate surface area is 118 Å². The van der Waals surface area contributed by atoms with Gasteiger partial charge in [0.25, 0.3) is 0 Å². The van der Waals surface area contributed by atoms with E-state index >= 15 is 0 Å². The minimum Gasteiger partial charge on any atom is -0.353 e. The van der Waals surface area contributed by atoms with Gasteiger partial charge < -0.3 is 10.6 Å². The Morgan fingerprint density at radius 2 is 2.06 bits per heavy atom. The van der Waals surface area contributed by atoms with Crippen LogP contribution >= 0.6 is 12.4 Å². The number of hydrogen-bond donors (Lipinski definition) is 2. The minimum atomic E-state index is 0. The van der Waals surface area contributed by atoms with Crippen LogP contribution in [0.4, 0.5) is 0 Å². The molecule has 108 valence electrons. The fraction of sp³-hybridized carbons (Fsp3) is 0.929. The zero-order valence-corrected chi connectivity index (χ0v) is 12.7. The molecule has 4 heteroatoms. The zero-order valence-electron chi connectivity index (χ0n) is 11.8. The van der Waals surface area contributed by atoms with E-state index in [9.17, 15) is 4.79 Å². The summed E-state index contributed by atoms with van der Waals surface area (Å²) in [5.74, 6) is 1.00. The lowest BCUT2D eigenvalue weighted by Crippen LogP contribution is -2.42. The quantitative estimate of drug-likeness (QED) is 0.636. The van der Waals surface area contributed by atoms with Crippen LogP contribution in [0.5, 0.6) is 0 Å². The van der Waals surface area contributed by atoms with Gasteiger partial charge in [0.05, 0.1) is 0 Å². The van der Waals surface area contributed by atoms with Crippen molar-refractivity contribution in [3.63, 3.8) is 0 Å². The van der Waals surface area contributed by atoms with Crippen LogP contribution in [0.1, 0.15) is 58.3 Å². The Balaban J connectivity index is 0.00000289. The number of amides is 1. The fourth-order valence-corrected chi connectivity index (χ4v) is 2.40. The van der Waals surface area contributed by atoms with Gasteiger partial charge >= 0.3 is 0 Å². The molecule has 1 saturated carbocycles. The molecular formula is C14H29ClN2O. The van der Waals surface area contributed by atoms with E-state index < -0.39 is 0 Å². The first-order valence-corrected chi connectivity index (χ1v) is 7.22. The average molecular weight is 277 g/mol. The summed E-state index contributed by atoms with van der Waals surface area (Å²) in [4.78, 5) is 11.8. The van der Waals surface area contributed by atoms with Crippen molar-refractivity contribution in [3.05, 3.63) is 0 Å². The Kier molecular flexibility index (Phi) is 10.5. The maximum atomic E-state index is 11.8. The number of halogens is 1. The molecule has 2 N–H and O–H groups in total. The summed E-state index contributed by atoms with van der Waals surface area (Å²) in [7, 11) is 1.93. The summed E-state index contributed by atoms with van der Waals surface area (Å²) >= 11 is 0. The van der Waals surface area contributed by atoms with Crippen molar-refractivity contribution in [2.75, 3.05) is 13.6 Å². The summed E-state index contributed by atoms with van der Waals surface area (Å²) in [6, 6.07) is 0.450. The van der Waals surface area contributed by atoms with Crippen LogP contribution < -0.4 is 10.6 Å². The van der Waals surface area contributed by atoms with Gasteiger partial charge in [0.15, 0.2) is 0 Å². The number of rotatable bonds is 9. The van der Waals surface area contributed by atoms with Crippen molar-refractivity contribution in [2.24, 2.45) is 5.92 Å². The van der Waals surface area contributed by atoms with E-state index in [0.29, 0.717) is 12.5 Å². The third-order valence-electron chi connectivity index (χ3n) is 3.76. The van der Waals surface area contributed by atoms with Gasteiger partial charge in [-0.05, 0) is 45.2 Å². The van der Waals surface area contributed by atoms with E-state index in [-0.39, 0.29) is 18.3 Å². The maximum absolute atomic E-state index is 11.8. The van der Waals surface area contributed by atoms with Gasteiger partial charge in [-0.25, -0.2) is 0 Å². The lowest BCUT2D eigenvalue weighted by Gasteiger charge is -2.34. The van der Waals surface area contributed by atoms with Crippen molar-refractivity contribution in [3.8, 4) is 0 Å². The molecule has 0 radical (unpaired) electrons. The van der Waals surface area contributed by atoms with E-state index in [1.165, 1.54) is 38.5 Å². The van der Waals surface area contributed by atoms with Gasteiger partial charge in [0, 0.05) is 12.5 Å². The molecule has 1 aliphatic carbocycles. The third-order valence-corrected chi connectivity index (χ3v) is 3.76. The van der Waals surface area contributed by atoms with Gasteiger partial charge in [-0.3, -0.25) is 4.79 Å². The molecule has 0 aliphatic heterocycles. The number of hydrogen-bond acceptors (Lipinski definition) is 2. The van der Waals surface area contributed by atoms with E-state index in [1.54, 1.807) is 0 Å². The van der Waals surface area contributed by atoms with Crippen LogP contribution in [0.25, 0.3) is 0 Å². The molecule has 0 aromatic heterocycles. The van der Waals surface area contributed by atoms with Gasteiger partial charge in [-0.1, -0.05) is 26.2 Å². The number of carbonyl (C=O) groups excluding carboxylic acids is 1. The highest BCUT2D eigenvalue weighted by atomic mass is 35.5. The molecule has 1 atom stereocenters. The number of carbonyl (C=O) groups is 1. The first-order chi connectivity index (χ1) is 8.27. The molecule has 1 aliphatic rings. The molecule has 0 saturated heterocycles. The van der Waals surface area contributed by atoms with Gasteiger partial charge in [0.1, 0.15) is 0 Å². The first-order valence-electron chi connectivity index (χ1n) is 7.22. The lowest BCUT2D eigenvalue weighted by molar-refractivity contribution is -0.122. The lowest BCUT2D eigenvalue weighted by atomic mass is 9.78. The smallest absolute Gasteiger partial charge is 0.220 e. The number of nitrogens with one attached hydrogen (secondary N) is 2. The molecule has 0 spiro atoms. The van der Waals surface area contributed by atoms with E-state index in [2.05, 4.69) is 17.6 Å². The van der Waals surface area contributed by atoms with Gasteiger partial charge in [-0.15, -0.1) is 12.4 Å². The van der Waals surface area contributed by atoms with Crippen LogP contribution in [-0.2, 0) is 4.79 Å². The Morgan fingerprint density at radius 3 is 2.56 bits per heavy atom. The van der Waals surface area contributed by atoms with E-state index in [1.807, 2.05) is 7.05 Å². The normalized spacial score (nSPS) is 16.6. The van der Waals surface area contributed by atoms with Crippen molar-refractivity contribution in [1.29, 1.82) is 0 Å². The average Bonchev–Trinajstić information content (AvgIpc) is 2.23. The Bertz CT molecular complexity index is 220. The van der Waals surface area contributed by atoms with Crippen molar-refractivity contribution < 1.29 is 4.79 Å². The largest absolute Gasteiger partial charge is 0.353 e. The second-order valence-corrected chi connectivity index (χ2v) is 5.21. The van der Waals surface area contributed by atoms with Crippen LogP contribution in [0, 0.1) is 5.92 Å². The van der Waals surface area contributed by atoms with Crippen molar-refractivity contribution in [1.82, 2.24) is 10.6 Å². The fourth-order valence-electron chi connectivity index (χ4n) is 2.40. The second kappa shape index (κ2) is 10.6. The highest BCUT2D eigenvalue weighted by Crippen LogP contribution is 2.31. The second-order valence-electron chi connectivity index (χ2n) is 5.21. The van der Waals surface area contributed by atoms with Crippen LogP contribution in [0.3, 0.4) is 0 Å². The molecule has 0 aromatic rings. The van der Waals surface area contributed by atoms with E-state index in [0.717, 1.165) is 18.9 Å². The third kappa shape index (κ3) is 6.60. The maximum Gasteiger partial charge on any atom is 0.220 e. The molecule has 1 rings (SSSR count). The van der Waals surface area contributed by atoms with Crippen molar-refractivity contribution in [2.45, 2.75) is 64.3 Å². The highest BCUT2D eigenvalue weighted by molar-refractivity contribution is 5.85. The summed E-state index contributed by atoms with van der Waals surface area (Å²) in [5, 5.41) is 6.32. The van der Waals surface area contributed by atoms with Gasteiger partial charge in [0.2, 0.25) is 5.91 Å². The predicted octanol–water partition coefficient (Wildman–Crippen LogP) is 2.88. The van der Waals surface area contributed by atoms with Crippen LogP contribution in [-0.4, -0.2) is 25.5 Å². The summed E-state index contributed by atoms with van der Waals surface area (Å²) in [5.41, 5.74) is 0. The van der Waals surface area contributed by atoms with Crippen LogP contribution in [0.2, 0.25) is 0 Å². The SMILES string of the molecule is CCCCC(NC(=O)CCCNC)C1CCC1.Cl. The molecular weight excluding hydrogens is 248 g/mol. The molecule has 0 heterocycles. The minimum absolute atomic E-state index is 0. The van der Waals surface area contributed by atoms with E-state index in [4.69, 9.17) is 0 Å². The molecule has 0 bridgehead atoms. The standard InChI is InChI=1S/C14H28N2O.ClH/c1-3-4-9-13(12-7-5-8-12)16-14(17)10-6-11-15-2;/h12-13,15H,3-11H2,1-2H3,(H,16,17);1H. The van der Waals surface area contributed by atoms with Gasteiger partial charge in [-0.2, -0.15) is 0 Å². The molecule has 18 heavy (non-hydrogen) atoms. The molecule has 0 aromatic carbocycles. The molecule has 3 nitrogen and oxygen atoms in total. The summed E-state index contributed by atoms with van der Waals surface area (Å²) < 4.78 is 0. The monoisotopic (exact) mass is 276 g/mol. The zero-order chi connectivity index (χ0) is 12.5. The Morgan fingerprint density at radius 1 is 1.33 bits per heavy atom. The summed E-state index contributed by atoms with van der Waals surface area (Å²) in [6.45, 7) is 3.14. The Hall–Kier alpha value is -0.280. The van der Waals surface area contributed by atoms with Crippen LogP contribution in [0.15, 0.2) is 0 Å². The first kappa shape index (κ1) is 17.7. The molecule has 1 unspecified atom stereocenters. The molecule has 1 fully saturated rings. The highest BCUT2D eigenvalue weighted by Gasteiger charge is 2.27. The van der Waals surface area contributed by atoms with Crippen molar-refractivity contribution >= 4 is 18.3 Å². The number of unbranched alkanes of at least 4 members (excludes halogenated alkanes) is 1.